The highest BCUT2D eigenvalue weighted by molar-refractivity contribution is 6.00. The first-order valence-corrected chi connectivity index (χ1v) is 7.87. The van der Waals surface area contributed by atoms with E-state index in [1.54, 1.807) is 18.3 Å². The third-order valence-electron chi connectivity index (χ3n) is 3.92. The van der Waals surface area contributed by atoms with Crippen molar-refractivity contribution in [1.29, 1.82) is 0 Å². The number of rotatable bonds is 6. The highest BCUT2D eigenvalue weighted by atomic mass is 16.5. The van der Waals surface area contributed by atoms with E-state index >= 15 is 0 Å². The first kappa shape index (κ1) is 17.3. The smallest absolute Gasteiger partial charge is 0.271 e. The molecule has 2 aromatic carbocycles. The zero-order valence-corrected chi connectivity index (χ0v) is 14.7. The van der Waals surface area contributed by atoms with E-state index in [2.05, 4.69) is 15.5 Å². The second-order valence-electron chi connectivity index (χ2n) is 5.40. The van der Waals surface area contributed by atoms with Crippen molar-refractivity contribution >= 4 is 23.0 Å². The number of H-pyrrole nitrogens is 1. The molecule has 0 spiro atoms. The van der Waals surface area contributed by atoms with Gasteiger partial charge < -0.3 is 19.2 Å². The number of amides is 1. The van der Waals surface area contributed by atoms with E-state index in [1.165, 1.54) is 21.3 Å². The Bertz CT molecular complexity index is 937. The van der Waals surface area contributed by atoms with Crippen LogP contribution >= 0.6 is 0 Å². The van der Waals surface area contributed by atoms with Gasteiger partial charge in [0, 0.05) is 28.2 Å². The minimum absolute atomic E-state index is 0.343. The second kappa shape index (κ2) is 7.60. The molecule has 0 unspecified atom stereocenters. The van der Waals surface area contributed by atoms with Gasteiger partial charge in [-0.2, -0.15) is 5.10 Å². The van der Waals surface area contributed by atoms with Gasteiger partial charge >= 0.3 is 0 Å². The van der Waals surface area contributed by atoms with E-state index in [-0.39, 0.29) is 5.91 Å². The van der Waals surface area contributed by atoms with Crippen LogP contribution < -0.4 is 19.6 Å². The summed E-state index contributed by atoms with van der Waals surface area (Å²) in [5.74, 6) is 0.837. The third-order valence-corrected chi connectivity index (χ3v) is 3.92. The molecule has 0 aliphatic carbocycles. The van der Waals surface area contributed by atoms with Crippen LogP contribution in [-0.4, -0.2) is 38.4 Å². The number of hydrogen-bond donors (Lipinski definition) is 2. The summed E-state index contributed by atoms with van der Waals surface area (Å²) in [7, 11) is 4.49. The first-order valence-electron chi connectivity index (χ1n) is 7.87. The molecule has 26 heavy (non-hydrogen) atoms. The Morgan fingerprint density at radius 3 is 2.42 bits per heavy atom. The maximum atomic E-state index is 12.4. The maximum Gasteiger partial charge on any atom is 0.271 e. The van der Waals surface area contributed by atoms with Gasteiger partial charge in [-0.1, -0.05) is 18.2 Å². The molecule has 0 saturated carbocycles. The minimum atomic E-state index is -0.389. The fourth-order valence-corrected chi connectivity index (χ4v) is 2.64. The van der Waals surface area contributed by atoms with Crippen molar-refractivity contribution in [2.45, 2.75) is 0 Å². The number of carbonyl (C=O) groups excluding carboxylic acids is 1. The molecular formula is C19H19N3O4. The van der Waals surface area contributed by atoms with Crippen molar-refractivity contribution in [3.63, 3.8) is 0 Å². The number of nitrogens with one attached hydrogen (secondary N) is 2. The summed E-state index contributed by atoms with van der Waals surface area (Å²) in [6, 6.07) is 11.0. The van der Waals surface area contributed by atoms with Crippen LogP contribution in [0.15, 0.2) is 47.7 Å². The summed E-state index contributed by atoms with van der Waals surface area (Å²) in [6.45, 7) is 0. The standard InChI is InChI=1S/C19H19N3O4/c1-24-16-8-12(9-17(25-2)18(16)26-3)19(23)22-21-11-13-10-20-15-7-5-4-6-14(13)15/h4-11,20H,1-3H3,(H,22,23). The fourth-order valence-electron chi connectivity index (χ4n) is 2.64. The fraction of sp³-hybridized carbons (Fsp3) is 0.158. The van der Waals surface area contributed by atoms with Crippen molar-refractivity contribution in [3.05, 3.63) is 53.7 Å². The van der Waals surface area contributed by atoms with Crippen LogP contribution in [0.4, 0.5) is 0 Å². The van der Waals surface area contributed by atoms with E-state index in [4.69, 9.17) is 14.2 Å². The third kappa shape index (κ3) is 3.32. The van der Waals surface area contributed by atoms with E-state index < -0.39 is 0 Å². The monoisotopic (exact) mass is 353 g/mol. The van der Waals surface area contributed by atoms with Gasteiger partial charge in [0.2, 0.25) is 5.75 Å². The highest BCUT2D eigenvalue weighted by Gasteiger charge is 2.16. The second-order valence-corrected chi connectivity index (χ2v) is 5.40. The summed E-state index contributed by atoms with van der Waals surface area (Å²) in [5.41, 5.74) is 4.73. The molecular weight excluding hydrogens is 334 g/mol. The van der Waals surface area contributed by atoms with Crippen LogP contribution in [0.1, 0.15) is 15.9 Å². The Morgan fingerprint density at radius 1 is 1.08 bits per heavy atom. The molecule has 3 aromatic rings. The Balaban J connectivity index is 1.79. The van der Waals surface area contributed by atoms with Gasteiger partial charge in [0.1, 0.15) is 0 Å². The van der Waals surface area contributed by atoms with Crippen LogP contribution in [0.2, 0.25) is 0 Å². The molecule has 1 aromatic heterocycles. The van der Waals surface area contributed by atoms with E-state index in [0.29, 0.717) is 22.8 Å². The van der Waals surface area contributed by atoms with Gasteiger partial charge in [0.15, 0.2) is 11.5 Å². The van der Waals surface area contributed by atoms with Crippen molar-refractivity contribution in [2.24, 2.45) is 5.10 Å². The Kier molecular flexibility index (Phi) is 5.07. The van der Waals surface area contributed by atoms with Crippen LogP contribution in [0.5, 0.6) is 17.2 Å². The summed E-state index contributed by atoms with van der Waals surface area (Å²) < 4.78 is 15.8. The van der Waals surface area contributed by atoms with Gasteiger partial charge in [-0.05, 0) is 18.2 Å². The van der Waals surface area contributed by atoms with Crippen molar-refractivity contribution in [3.8, 4) is 17.2 Å². The largest absolute Gasteiger partial charge is 0.493 e. The molecule has 0 aliphatic rings. The SMILES string of the molecule is COc1cc(C(=O)NN=Cc2c[nH]c3ccccc23)cc(OC)c1OC. The molecule has 2 N–H and O–H groups in total. The average Bonchev–Trinajstić information content (AvgIpc) is 3.09. The van der Waals surface area contributed by atoms with E-state index in [0.717, 1.165) is 16.5 Å². The zero-order chi connectivity index (χ0) is 18.5. The number of carbonyl (C=O) groups is 1. The van der Waals surface area contributed by atoms with Gasteiger partial charge in [-0.3, -0.25) is 4.79 Å². The lowest BCUT2D eigenvalue weighted by Crippen LogP contribution is -2.18. The van der Waals surface area contributed by atoms with Gasteiger partial charge in [0.25, 0.3) is 5.91 Å². The number of benzene rings is 2. The molecule has 1 amide bonds. The molecule has 0 bridgehead atoms. The number of para-hydroxylation sites is 1. The summed E-state index contributed by atoms with van der Waals surface area (Å²) in [6.07, 6.45) is 3.43. The topological polar surface area (TPSA) is 84.9 Å². The normalized spacial score (nSPS) is 10.9. The number of ether oxygens (including phenoxy) is 3. The molecule has 0 radical (unpaired) electrons. The molecule has 0 atom stereocenters. The lowest BCUT2D eigenvalue weighted by Gasteiger charge is -2.13. The highest BCUT2D eigenvalue weighted by Crippen LogP contribution is 2.38. The average molecular weight is 353 g/mol. The van der Waals surface area contributed by atoms with Crippen molar-refractivity contribution in [1.82, 2.24) is 10.4 Å². The maximum absolute atomic E-state index is 12.4. The Hall–Kier alpha value is -3.48. The zero-order valence-electron chi connectivity index (χ0n) is 14.7. The predicted octanol–water partition coefficient (Wildman–Crippen LogP) is 2.96. The van der Waals surface area contributed by atoms with Crippen LogP contribution in [0.25, 0.3) is 10.9 Å². The van der Waals surface area contributed by atoms with Crippen molar-refractivity contribution in [2.75, 3.05) is 21.3 Å². The van der Waals surface area contributed by atoms with Crippen molar-refractivity contribution < 1.29 is 19.0 Å². The first-order chi connectivity index (χ1) is 12.7. The number of hydrogen-bond acceptors (Lipinski definition) is 5. The predicted molar refractivity (Wildman–Crippen MR) is 99.5 cm³/mol. The number of aromatic nitrogens is 1. The van der Waals surface area contributed by atoms with Crippen LogP contribution in [0, 0.1) is 0 Å². The molecule has 0 saturated heterocycles. The molecule has 0 aliphatic heterocycles. The van der Waals surface area contributed by atoms with E-state index in [9.17, 15) is 4.79 Å². The van der Waals surface area contributed by atoms with Gasteiger partial charge in [0.05, 0.1) is 27.5 Å². The van der Waals surface area contributed by atoms with Gasteiger partial charge in [-0.15, -0.1) is 0 Å². The molecule has 0 fully saturated rings. The lowest BCUT2D eigenvalue weighted by molar-refractivity contribution is 0.0954. The number of aromatic amines is 1. The Morgan fingerprint density at radius 2 is 1.77 bits per heavy atom. The quantitative estimate of drug-likeness (QED) is 0.527. The lowest BCUT2D eigenvalue weighted by atomic mass is 10.1. The summed E-state index contributed by atoms with van der Waals surface area (Å²) >= 11 is 0. The van der Waals surface area contributed by atoms with Crippen LogP contribution in [-0.2, 0) is 0 Å². The molecule has 3 rings (SSSR count). The number of hydrazone groups is 1. The number of methoxy groups -OCH3 is 3. The molecule has 7 heteroatoms. The van der Waals surface area contributed by atoms with Crippen LogP contribution in [0.3, 0.4) is 0 Å². The van der Waals surface area contributed by atoms with E-state index in [1.807, 2.05) is 30.5 Å². The Labute approximate surface area is 150 Å². The molecule has 7 nitrogen and oxygen atoms in total. The number of nitrogens with zero attached hydrogens (tertiary/aromatic N) is 1. The summed E-state index contributed by atoms with van der Waals surface area (Å²) in [5, 5.41) is 5.06. The molecule has 134 valence electrons. The molecule has 1 heterocycles. The minimum Gasteiger partial charge on any atom is -0.493 e. The number of fused-ring (bicyclic) bond motifs is 1. The summed E-state index contributed by atoms with van der Waals surface area (Å²) in [4.78, 5) is 15.5. The van der Waals surface area contributed by atoms with Gasteiger partial charge in [-0.25, -0.2) is 5.43 Å².